The normalized spacial score (nSPS) is 25.2. The molecule has 0 atom stereocenters. The van der Waals surface area contributed by atoms with Crippen LogP contribution in [0.25, 0.3) is 0 Å². The second kappa shape index (κ2) is 8.73. The van der Waals surface area contributed by atoms with Crippen molar-refractivity contribution in [3.63, 3.8) is 0 Å². The third kappa shape index (κ3) is 4.98. The first-order valence-corrected chi connectivity index (χ1v) is 10.0. The zero-order chi connectivity index (χ0) is 14.4. The molecule has 3 saturated carbocycles. The Kier molecular flexibility index (Phi) is 7.31. The van der Waals surface area contributed by atoms with E-state index in [0.29, 0.717) is 7.92 Å². The fourth-order valence-corrected chi connectivity index (χ4v) is 9.17. The van der Waals surface area contributed by atoms with Gasteiger partial charge in [0, 0.05) is 0 Å². The molecule has 3 rings (SSSR count). The molecule has 20 heavy (non-hydrogen) atoms. The summed E-state index contributed by atoms with van der Waals surface area (Å²) in [4.78, 5) is 0. The summed E-state index contributed by atoms with van der Waals surface area (Å²) in [5.74, 6) is 0. The molecule has 0 unspecified atom stereocenters. The first-order chi connectivity index (χ1) is 9.68. The van der Waals surface area contributed by atoms with Gasteiger partial charge in [0.1, 0.15) is 0 Å². The van der Waals surface area contributed by atoms with E-state index in [1.807, 2.05) is 0 Å². The average molecular weight is 300 g/mol. The maximum atomic E-state index is 7.17. The Morgan fingerprint density at radius 1 is 0.550 bits per heavy atom. The van der Waals surface area contributed by atoms with Crippen LogP contribution in [0.5, 0.6) is 0 Å². The van der Waals surface area contributed by atoms with E-state index in [4.69, 9.17) is 15.1 Å². The highest BCUT2D eigenvalue weighted by atomic mass is 31.1. The highest BCUT2D eigenvalue weighted by molar-refractivity contribution is 7.60. The molecule has 0 bridgehead atoms. The highest BCUT2D eigenvalue weighted by Crippen LogP contribution is 2.63. The van der Waals surface area contributed by atoms with Crippen LogP contribution in [0.2, 0.25) is 0 Å². The van der Waals surface area contributed by atoms with Gasteiger partial charge in [0.15, 0.2) is 0 Å². The molecule has 0 spiro atoms. The van der Waals surface area contributed by atoms with Gasteiger partial charge in [-0.15, -0.1) is 0 Å². The molecule has 0 amide bonds. The Morgan fingerprint density at radius 3 is 0.950 bits per heavy atom. The Morgan fingerprint density at radius 2 is 0.750 bits per heavy atom. The van der Waals surface area contributed by atoms with Gasteiger partial charge in [0.05, 0.1) is 0 Å². The number of hydrogen-bond acceptors (Lipinski definition) is 3. The summed E-state index contributed by atoms with van der Waals surface area (Å²) in [6.07, 6.45) is 19.0. The van der Waals surface area contributed by atoms with Crippen molar-refractivity contribution < 1.29 is 15.1 Å². The standard InChI is InChI=1S/C15H27P.BH3O3/c1-2-8-13(7-1)16(14-9-3-4-10-14)15-11-5-6-12-15;2-1(3)4/h13-15H,1-12H2;2-4H. The summed E-state index contributed by atoms with van der Waals surface area (Å²) in [7, 11) is -1.73. The lowest BCUT2D eigenvalue weighted by molar-refractivity contribution is 0.278. The largest absolute Gasteiger partial charge is 0.631 e. The third-order valence-electron chi connectivity index (χ3n) is 5.24. The first-order valence-electron chi connectivity index (χ1n) is 8.50. The van der Waals surface area contributed by atoms with Gasteiger partial charge in [-0.1, -0.05) is 46.4 Å². The fourth-order valence-electron chi connectivity index (χ4n) is 4.50. The van der Waals surface area contributed by atoms with Crippen molar-refractivity contribution in [2.45, 2.75) is 94.0 Å². The molecule has 0 aromatic rings. The van der Waals surface area contributed by atoms with Crippen LogP contribution in [0.3, 0.4) is 0 Å². The van der Waals surface area contributed by atoms with E-state index in [9.17, 15) is 0 Å². The van der Waals surface area contributed by atoms with Gasteiger partial charge < -0.3 is 15.1 Å². The lowest BCUT2D eigenvalue weighted by Gasteiger charge is -2.35. The summed E-state index contributed by atoms with van der Waals surface area (Å²) < 4.78 is 0. The fraction of sp³-hybridized carbons (Fsp3) is 1.00. The smallest absolute Gasteiger partial charge is 0.402 e. The molecule has 3 aliphatic rings. The van der Waals surface area contributed by atoms with Crippen molar-refractivity contribution in [1.29, 1.82) is 0 Å². The van der Waals surface area contributed by atoms with Crippen LogP contribution in [0.4, 0.5) is 0 Å². The quantitative estimate of drug-likeness (QED) is 0.554. The van der Waals surface area contributed by atoms with Gasteiger partial charge in [-0.2, -0.15) is 0 Å². The number of rotatable bonds is 3. The predicted octanol–water partition coefficient (Wildman–Crippen LogP) is 3.24. The monoisotopic (exact) mass is 300 g/mol. The Hall–Kier alpha value is 0.375. The van der Waals surface area contributed by atoms with Crippen LogP contribution in [-0.4, -0.2) is 39.4 Å². The first kappa shape index (κ1) is 16.7. The van der Waals surface area contributed by atoms with Crippen molar-refractivity contribution >= 4 is 15.2 Å². The summed E-state index contributed by atoms with van der Waals surface area (Å²) in [5.41, 5.74) is 3.63. The van der Waals surface area contributed by atoms with Crippen LogP contribution in [-0.2, 0) is 0 Å². The Labute approximate surface area is 125 Å². The molecule has 0 aromatic carbocycles. The predicted molar refractivity (Wildman–Crippen MR) is 86.1 cm³/mol. The van der Waals surface area contributed by atoms with Crippen molar-refractivity contribution in [3.8, 4) is 0 Å². The molecule has 116 valence electrons. The van der Waals surface area contributed by atoms with Crippen LogP contribution in [0.15, 0.2) is 0 Å². The molecule has 0 aliphatic heterocycles. The van der Waals surface area contributed by atoms with Crippen molar-refractivity contribution in [3.05, 3.63) is 0 Å². The lowest BCUT2D eigenvalue weighted by atomic mass is 10.3. The molecule has 0 radical (unpaired) electrons. The summed E-state index contributed by atoms with van der Waals surface area (Å²) >= 11 is 0. The van der Waals surface area contributed by atoms with E-state index in [-0.39, 0.29) is 0 Å². The number of hydrogen-bond donors (Lipinski definition) is 3. The average Bonchev–Trinajstić information content (AvgIpc) is 3.13. The van der Waals surface area contributed by atoms with Gasteiger partial charge >= 0.3 is 7.32 Å². The molecule has 0 aromatic heterocycles. The van der Waals surface area contributed by atoms with Crippen molar-refractivity contribution in [2.75, 3.05) is 0 Å². The molecule has 5 heteroatoms. The topological polar surface area (TPSA) is 60.7 Å². The van der Waals surface area contributed by atoms with Gasteiger partial charge in [0.2, 0.25) is 0 Å². The Bertz CT molecular complexity index is 219. The molecular weight excluding hydrogens is 270 g/mol. The van der Waals surface area contributed by atoms with Gasteiger partial charge in [0.25, 0.3) is 0 Å². The van der Waals surface area contributed by atoms with E-state index in [1.54, 1.807) is 77.0 Å². The van der Waals surface area contributed by atoms with Crippen molar-refractivity contribution in [2.24, 2.45) is 0 Å². The summed E-state index contributed by atoms with van der Waals surface area (Å²) in [6.45, 7) is 0. The highest BCUT2D eigenvalue weighted by Gasteiger charge is 2.38. The van der Waals surface area contributed by atoms with E-state index < -0.39 is 7.32 Å². The second-order valence-electron chi connectivity index (χ2n) is 6.61. The van der Waals surface area contributed by atoms with Crippen LogP contribution in [0.1, 0.15) is 77.0 Å². The maximum Gasteiger partial charge on any atom is 0.631 e. The van der Waals surface area contributed by atoms with Crippen molar-refractivity contribution in [1.82, 2.24) is 0 Å². The molecule has 3 fully saturated rings. The molecule has 0 saturated heterocycles. The molecule has 0 heterocycles. The third-order valence-corrected chi connectivity index (χ3v) is 9.32. The molecule has 3 aliphatic carbocycles. The Balaban J connectivity index is 0.000000328. The van der Waals surface area contributed by atoms with Gasteiger partial charge in [-0.3, -0.25) is 0 Å². The SMILES string of the molecule is C1CCC(P(C2CCCC2)C2CCCC2)C1.OB(O)O. The lowest BCUT2D eigenvalue weighted by Crippen LogP contribution is -2.18. The summed E-state index contributed by atoms with van der Waals surface area (Å²) in [5, 5.41) is 21.5. The van der Waals surface area contributed by atoms with E-state index in [0.717, 1.165) is 0 Å². The minimum absolute atomic E-state index is 0.436. The molecule has 3 N–H and O–H groups in total. The van der Waals surface area contributed by atoms with Crippen LogP contribution < -0.4 is 0 Å². The van der Waals surface area contributed by atoms with E-state index in [1.165, 1.54) is 17.0 Å². The van der Waals surface area contributed by atoms with E-state index in [2.05, 4.69) is 0 Å². The minimum atomic E-state index is -2.17. The maximum absolute atomic E-state index is 7.17. The molecule has 3 nitrogen and oxygen atoms in total. The van der Waals surface area contributed by atoms with Gasteiger partial charge in [-0.25, -0.2) is 0 Å². The second-order valence-corrected chi connectivity index (χ2v) is 9.69. The van der Waals surface area contributed by atoms with Gasteiger partial charge in [-0.05, 0) is 55.5 Å². The van der Waals surface area contributed by atoms with E-state index >= 15 is 0 Å². The van der Waals surface area contributed by atoms with Crippen LogP contribution in [0, 0.1) is 0 Å². The zero-order valence-corrected chi connectivity index (χ0v) is 13.5. The zero-order valence-electron chi connectivity index (χ0n) is 12.6. The molecular formula is C15H30BO3P. The summed E-state index contributed by atoms with van der Waals surface area (Å²) in [6, 6.07) is 0. The minimum Gasteiger partial charge on any atom is -0.402 e. The van der Waals surface area contributed by atoms with Crippen LogP contribution >= 0.6 is 7.92 Å².